The Labute approximate surface area is 107 Å². The molecule has 3 heteroatoms. The number of piperidine rings is 1. The predicted molar refractivity (Wildman–Crippen MR) is 69.2 cm³/mol. The number of benzene rings is 1. The number of hydrogen-bond donors (Lipinski definition) is 1. The Bertz CT molecular complexity index is 405. The van der Waals surface area contributed by atoms with Crippen LogP contribution in [0.3, 0.4) is 0 Å². The second-order valence-electron chi connectivity index (χ2n) is 5.23. The Balaban J connectivity index is 1.92. The molecular weight excluding hydrogens is 234 g/mol. The van der Waals surface area contributed by atoms with Gasteiger partial charge < -0.3 is 5.11 Å². The second kappa shape index (κ2) is 4.27. The van der Waals surface area contributed by atoms with Gasteiger partial charge in [-0.15, -0.1) is 0 Å². The topological polar surface area (TPSA) is 23.5 Å². The van der Waals surface area contributed by atoms with Gasteiger partial charge >= 0.3 is 0 Å². The summed E-state index contributed by atoms with van der Waals surface area (Å²) in [5.41, 5.74) is 0.363. The Morgan fingerprint density at radius 3 is 2.71 bits per heavy atom. The second-order valence-corrected chi connectivity index (χ2v) is 5.67. The van der Waals surface area contributed by atoms with E-state index in [0.717, 1.165) is 36.5 Å². The molecule has 92 valence electrons. The molecule has 2 atom stereocenters. The highest BCUT2D eigenvalue weighted by Gasteiger charge is 2.47. The lowest BCUT2D eigenvalue weighted by atomic mass is 9.83. The molecule has 0 radical (unpaired) electrons. The lowest BCUT2D eigenvalue weighted by molar-refractivity contribution is -0.0138. The van der Waals surface area contributed by atoms with Gasteiger partial charge in [0.05, 0.1) is 0 Å². The van der Waals surface area contributed by atoms with Crippen molar-refractivity contribution in [1.29, 1.82) is 0 Å². The summed E-state index contributed by atoms with van der Waals surface area (Å²) in [6.07, 6.45) is 4.46. The molecule has 0 spiro atoms. The van der Waals surface area contributed by atoms with Crippen molar-refractivity contribution in [2.24, 2.45) is 0 Å². The fourth-order valence-corrected chi connectivity index (χ4v) is 3.48. The first-order valence-electron chi connectivity index (χ1n) is 6.43. The molecule has 1 aromatic rings. The third kappa shape index (κ3) is 1.88. The van der Waals surface area contributed by atoms with Gasteiger partial charge in [0, 0.05) is 17.6 Å². The van der Waals surface area contributed by atoms with E-state index < -0.39 is 5.60 Å². The zero-order chi connectivity index (χ0) is 11.9. The third-order valence-electron chi connectivity index (χ3n) is 4.29. The molecular formula is C14H18ClNO. The summed E-state index contributed by atoms with van der Waals surface area (Å²) < 4.78 is 0. The zero-order valence-corrected chi connectivity index (χ0v) is 10.7. The monoisotopic (exact) mass is 251 g/mol. The molecule has 2 saturated heterocycles. The fourth-order valence-electron chi connectivity index (χ4n) is 3.36. The Kier molecular flexibility index (Phi) is 2.89. The quantitative estimate of drug-likeness (QED) is 0.830. The van der Waals surface area contributed by atoms with Crippen LogP contribution in [-0.2, 0) is 5.60 Å². The normalized spacial score (nSPS) is 33.6. The van der Waals surface area contributed by atoms with Gasteiger partial charge in [0.2, 0.25) is 0 Å². The highest BCUT2D eigenvalue weighted by atomic mass is 35.5. The lowest BCUT2D eigenvalue weighted by Gasteiger charge is -2.37. The third-order valence-corrected chi connectivity index (χ3v) is 4.54. The summed E-state index contributed by atoms with van der Waals surface area (Å²) in [5.74, 6) is 0. The summed E-state index contributed by atoms with van der Waals surface area (Å²) >= 11 is 5.91. The minimum atomic E-state index is -0.662. The molecule has 2 nitrogen and oxygen atoms in total. The Morgan fingerprint density at radius 1 is 1.18 bits per heavy atom. The number of fused-ring (bicyclic) bond motifs is 1. The molecule has 3 rings (SSSR count). The van der Waals surface area contributed by atoms with Crippen LogP contribution in [0.5, 0.6) is 0 Å². The van der Waals surface area contributed by atoms with E-state index >= 15 is 0 Å². The van der Waals surface area contributed by atoms with E-state index in [2.05, 4.69) is 4.90 Å². The van der Waals surface area contributed by atoms with Crippen LogP contribution in [0.15, 0.2) is 24.3 Å². The lowest BCUT2D eigenvalue weighted by Crippen LogP contribution is -2.45. The van der Waals surface area contributed by atoms with Gasteiger partial charge in [0.25, 0.3) is 0 Å². The molecule has 17 heavy (non-hydrogen) atoms. The van der Waals surface area contributed by atoms with Gasteiger partial charge in [0.1, 0.15) is 5.60 Å². The van der Waals surface area contributed by atoms with Crippen LogP contribution in [0.1, 0.15) is 31.2 Å². The van der Waals surface area contributed by atoms with Crippen molar-refractivity contribution in [2.45, 2.75) is 37.3 Å². The van der Waals surface area contributed by atoms with Crippen molar-refractivity contribution < 1.29 is 5.11 Å². The van der Waals surface area contributed by atoms with E-state index in [1.54, 1.807) is 0 Å². The highest BCUT2D eigenvalue weighted by Crippen LogP contribution is 2.42. The maximum Gasteiger partial charge on any atom is 0.106 e. The molecule has 0 aromatic heterocycles. The first-order chi connectivity index (χ1) is 8.20. The summed E-state index contributed by atoms with van der Waals surface area (Å²) in [7, 11) is 0. The predicted octanol–water partition coefficient (Wildman–Crippen LogP) is 2.79. The summed E-state index contributed by atoms with van der Waals surface area (Å²) in [6, 6.07) is 8.00. The van der Waals surface area contributed by atoms with Gasteiger partial charge in [-0.1, -0.05) is 30.2 Å². The van der Waals surface area contributed by atoms with E-state index in [9.17, 15) is 5.11 Å². The summed E-state index contributed by atoms with van der Waals surface area (Å²) in [5, 5.41) is 11.7. The van der Waals surface area contributed by atoms with Gasteiger partial charge in [0.15, 0.2) is 0 Å². The van der Waals surface area contributed by atoms with E-state index in [-0.39, 0.29) is 0 Å². The van der Waals surface area contributed by atoms with Crippen molar-refractivity contribution >= 4 is 11.6 Å². The van der Waals surface area contributed by atoms with Crippen molar-refractivity contribution in [1.82, 2.24) is 4.90 Å². The van der Waals surface area contributed by atoms with Gasteiger partial charge in [-0.2, -0.15) is 0 Å². The van der Waals surface area contributed by atoms with Gasteiger partial charge in [-0.25, -0.2) is 0 Å². The van der Waals surface area contributed by atoms with Crippen LogP contribution in [0.25, 0.3) is 0 Å². The molecule has 0 saturated carbocycles. The Hall–Kier alpha value is -0.570. The van der Waals surface area contributed by atoms with Crippen molar-refractivity contribution in [3.05, 3.63) is 34.9 Å². The molecule has 1 aromatic carbocycles. The van der Waals surface area contributed by atoms with Crippen LogP contribution < -0.4 is 0 Å². The maximum absolute atomic E-state index is 11.0. The number of halogens is 1. The first kappa shape index (κ1) is 11.5. The summed E-state index contributed by atoms with van der Waals surface area (Å²) in [6.45, 7) is 2.16. The largest absolute Gasteiger partial charge is 0.383 e. The van der Waals surface area contributed by atoms with Crippen LogP contribution in [-0.4, -0.2) is 29.1 Å². The van der Waals surface area contributed by atoms with Crippen molar-refractivity contribution in [3.8, 4) is 0 Å². The van der Waals surface area contributed by atoms with E-state index in [0.29, 0.717) is 6.04 Å². The number of rotatable bonds is 1. The molecule has 0 aliphatic carbocycles. The molecule has 1 N–H and O–H groups in total. The Morgan fingerprint density at radius 2 is 1.94 bits per heavy atom. The molecule has 2 unspecified atom stereocenters. The van der Waals surface area contributed by atoms with E-state index in [1.165, 1.54) is 12.8 Å². The first-order valence-corrected chi connectivity index (χ1v) is 6.80. The average molecular weight is 252 g/mol. The number of hydrogen-bond acceptors (Lipinski definition) is 2. The molecule has 2 fully saturated rings. The van der Waals surface area contributed by atoms with Gasteiger partial charge in [-0.3, -0.25) is 4.90 Å². The fraction of sp³-hybridized carbons (Fsp3) is 0.571. The van der Waals surface area contributed by atoms with E-state index in [1.807, 2.05) is 24.3 Å². The minimum Gasteiger partial charge on any atom is -0.383 e. The number of aliphatic hydroxyl groups is 1. The highest BCUT2D eigenvalue weighted by molar-refractivity contribution is 6.30. The van der Waals surface area contributed by atoms with Crippen LogP contribution in [0, 0.1) is 0 Å². The molecule has 2 heterocycles. The minimum absolute atomic E-state index is 0.303. The van der Waals surface area contributed by atoms with Crippen LogP contribution >= 0.6 is 11.6 Å². The molecule has 0 bridgehead atoms. The average Bonchev–Trinajstić information content (AvgIpc) is 2.70. The standard InChI is InChI=1S/C14H18ClNO/c15-12-6-4-11(5-7-12)14(17)8-10-16-9-2-1-3-13(14)16/h4-7,13,17H,1-3,8-10H2. The molecule has 0 amide bonds. The number of nitrogens with zero attached hydrogens (tertiary/aromatic N) is 1. The molecule has 2 aliphatic heterocycles. The smallest absolute Gasteiger partial charge is 0.106 e. The molecule has 2 aliphatic rings. The van der Waals surface area contributed by atoms with Crippen molar-refractivity contribution in [3.63, 3.8) is 0 Å². The zero-order valence-electron chi connectivity index (χ0n) is 9.90. The van der Waals surface area contributed by atoms with Crippen molar-refractivity contribution in [2.75, 3.05) is 13.1 Å². The maximum atomic E-state index is 11.0. The SMILES string of the molecule is OC1(c2ccc(Cl)cc2)CCN2CCCCC21. The summed E-state index contributed by atoms with van der Waals surface area (Å²) in [4.78, 5) is 2.44. The van der Waals surface area contributed by atoms with Gasteiger partial charge in [-0.05, 0) is 43.5 Å². The van der Waals surface area contributed by atoms with Crippen LogP contribution in [0.2, 0.25) is 5.02 Å². The van der Waals surface area contributed by atoms with Crippen LogP contribution in [0.4, 0.5) is 0 Å². The van der Waals surface area contributed by atoms with E-state index in [4.69, 9.17) is 11.6 Å².